The molecule has 1 heterocycles. The number of rotatable bonds is 8. The Bertz CT molecular complexity index is 1060. The van der Waals surface area contributed by atoms with Gasteiger partial charge in [0.15, 0.2) is 18.1 Å². The first kappa shape index (κ1) is 39.0. The zero-order valence-electron chi connectivity index (χ0n) is 25.7. The maximum Gasteiger partial charge on any atom is 0.194 e. The van der Waals surface area contributed by atoms with Gasteiger partial charge in [-0.3, -0.25) is 14.0 Å². The van der Waals surface area contributed by atoms with E-state index in [2.05, 4.69) is 55.7 Å². The standard InChI is InChI=1S/C14H10Cl2O.C7H16O.C6H14O3S.C5H5N/c1-9-2-4-10(5-3-9)14(17)12-8-11(15)6-7-13(12)16;1-5-8-6-7(2,3)4;1-6(2,3)5-8-10-9-7-4;1-2-4-6-5-3-1/h2-8H,1H3;5-6H2,1-4H3;5H2,1-4H3;1-5H. The molecule has 0 bridgehead atoms. The van der Waals surface area contributed by atoms with Crippen molar-refractivity contribution in [3.8, 4) is 0 Å². The molecule has 0 atom stereocenters. The molecule has 0 radical (unpaired) electrons. The fraction of sp³-hybridized carbons (Fsp3) is 0.438. The predicted octanol–water partition coefficient (Wildman–Crippen LogP) is 9.87. The Kier molecular flexibility index (Phi) is 20.7. The number of pyridine rings is 1. The molecule has 41 heavy (non-hydrogen) atoms. The molecule has 3 rings (SSSR count). The number of halogens is 2. The molecule has 0 unspecified atom stereocenters. The van der Waals surface area contributed by atoms with Crippen LogP contribution in [0, 0.1) is 17.8 Å². The third-order valence-electron chi connectivity index (χ3n) is 4.43. The van der Waals surface area contributed by atoms with Gasteiger partial charge in [-0.25, -0.2) is 4.89 Å². The summed E-state index contributed by atoms with van der Waals surface area (Å²) in [5, 5.41) is 0.921. The monoisotopic (exact) mass is 625 g/mol. The molecule has 0 spiro atoms. The van der Waals surface area contributed by atoms with E-state index in [1.165, 1.54) is 7.11 Å². The molecule has 0 N–H and O–H groups in total. The third-order valence-corrected chi connectivity index (χ3v) is 5.40. The van der Waals surface area contributed by atoms with Gasteiger partial charge < -0.3 is 4.74 Å². The number of aromatic nitrogens is 1. The van der Waals surface area contributed by atoms with Crippen LogP contribution < -0.4 is 0 Å². The van der Waals surface area contributed by atoms with Crippen molar-refractivity contribution >= 4 is 41.3 Å². The maximum absolute atomic E-state index is 12.2. The molecule has 1 aromatic heterocycles. The van der Waals surface area contributed by atoms with Crippen LogP contribution in [0.3, 0.4) is 0 Å². The highest BCUT2D eigenvalue weighted by atomic mass is 35.5. The van der Waals surface area contributed by atoms with Crippen molar-refractivity contribution in [3.05, 3.63) is 99.8 Å². The second kappa shape index (κ2) is 21.7. The molecule has 0 amide bonds. The second-order valence-electron chi connectivity index (χ2n) is 11.2. The molecule has 0 saturated carbocycles. The number of carbonyl (C=O) groups is 1. The average molecular weight is 627 g/mol. The minimum absolute atomic E-state index is 0.113. The minimum Gasteiger partial charge on any atom is -0.381 e. The number of hydrogen-bond donors (Lipinski definition) is 0. The van der Waals surface area contributed by atoms with Gasteiger partial charge in [0.25, 0.3) is 0 Å². The quantitative estimate of drug-likeness (QED) is 0.0811. The van der Waals surface area contributed by atoms with Crippen molar-refractivity contribution in [2.45, 2.75) is 55.4 Å². The summed E-state index contributed by atoms with van der Waals surface area (Å²) in [5.41, 5.74) is 2.65. The number of hydrogen-bond acceptors (Lipinski definition) is 7. The molecular formula is C32H45Cl2NO5S. The van der Waals surface area contributed by atoms with E-state index < -0.39 is 0 Å². The lowest BCUT2D eigenvalue weighted by atomic mass is 9.99. The predicted molar refractivity (Wildman–Crippen MR) is 172 cm³/mol. The smallest absolute Gasteiger partial charge is 0.194 e. The van der Waals surface area contributed by atoms with Gasteiger partial charge in [-0.15, -0.1) is 4.33 Å². The summed E-state index contributed by atoms with van der Waals surface area (Å²) < 4.78 is 14.6. The van der Waals surface area contributed by atoms with Crippen LogP contribution in [0.25, 0.3) is 0 Å². The Morgan fingerprint density at radius 1 is 0.878 bits per heavy atom. The highest BCUT2D eigenvalue weighted by Crippen LogP contribution is 2.23. The molecule has 0 fully saturated rings. The first-order valence-corrected chi connectivity index (χ1v) is 14.6. The Morgan fingerprint density at radius 2 is 1.46 bits per heavy atom. The summed E-state index contributed by atoms with van der Waals surface area (Å²) in [6.07, 6.45) is 3.50. The summed E-state index contributed by atoms with van der Waals surface area (Å²) in [6.45, 7) is 19.1. The summed E-state index contributed by atoms with van der Waals surface area (Å²) in [6, 6.07) is 18.0. The van der Waals surface area contributed by atoms with Gasteiger partial charge in [0.1, 0.15) is 0 Å². The van der Waals surface area contributed by atoms with Crippen LogP contribution in [-0.4, -0.2) is 37.7 Å². The van der Waals surface area contributed by atoms with Gasteiger partial charge in [0.05, 0.1) is 25.3 Å². The lowest BCUT2D eigenvalue weighted by Gasteiger charge is -2.16. The van der Waals surface area contributed by atoms with E-state index in [1.54, 1.807) is 42.7 Å². The van der Waals surface area contributed by atoms with Crippen molar-refractivity contribution in [3.63, 3.8) is 0 Å². The highest BCUT2D eigenvalue weighted by Gasteiger charge is 2.13. The summed E-state index contributed by atoms with van der Waals surface area (Å²) >= 11 is 12.7. The molecule has 0 saturated heterocycles. The number of carbonyl (C=O) groups excluding carboxylic acids is 1. The third kappa shape index (κ3) is 22.3. The highest BCUT2D eigenvalue weighted by molar-refractivity contribution is 7.89. The molecule has 0 aliphatic carbocycles. The van der Waals surface area contributed by atoms with Gasteiger partial charge in [-0.2, -0.15) is 0 Å². The number of ketones is 1. The van der Waals surface area contributed by atoms with Gasteiger partial charge >= 0.3 is 0 Å². The second-order valence-corrected chi connectivity index (χ2v) is 12.5. The Labute approximate surface area is 261 Å². The van der Waals surface area contributed by atoms with E-state index in [9.17, 15) is 4.79 Å². The van der Waals surface area contributed by atoms with Gasteiger partial charge in [-0.05, 0) is 55.0 Å². The average Bonchev–Trinajstić information content (AvgIpc) is 2.92. The lowest BCUT2D eigenvalue weighted by Crippen LogP contribution is -2.14. The SMILES string of the molecule is CCOCC(C)(C)C.COOSOCC(C)(C)C.Cc1ccc(C(=O)c2cc(Cl)ccc2Cl)cc1.c1ccncc1. The number of nitrogens with zero attached hydrogens (tertiary/aromatic N) is 1. The number of ether oxygens (including phenoxy) is 1. The van der Waals surface area contributed by atoms with Crippen LogP contribution in [-0.2, 0) is 18.1 Å². The van der Waals surface area contributed by atoms with Crippen LogP contribution in [0.15, 0.2) is 73.1 Å². The topological polar surface area (TPSA) is 66.9 Å². The van der Waals surface area contributed by atoms with Gasteiger partial charge in [0, 0.05) is 35.2 Å². The normalized spacial score (nSPS) is 10.7. The first-order valence-electron chi connectivity index (χ1n) is 13.2. The van der Waals surface area contributed by atoms with Crippen LogP contribution in [0.5, 0.6) is 0 Å². The van der Waals surface area contributed by atoms with E-state index in [1.807, 2.05) is 44.2 Å². The fourth-order valence-corrected chi connectivity index (χ4v) is 3.37. The first-order chi connectivity index (χ1) is 19.2. The maximum atomic E-state index is 12.2. The fourth-order valence-electron chi connectivity index (χ4n) is 2.50. The molecule has 2 aromatic carbocycles. The van der Waals surface area contributed by atoms with E-state index in [0.717, 1.165) is 31.1 Å². The molecule has 228 valence electrons. The summed E-state index contributed by atoms with van der Waals surface area (Å²) in [5.74, 6) is -0.113. The van der Waals surface area contributed by atoms with Crippen molar-refractivity contribution < 1.29 is 22.9 Å². The Morgan fingerprint density at radius 3 is 1.88 bits per heavy atom. The van der Waals surface area contributed by atoms with E-state index in [4.69, 9.17) is 32.1 Å². The van der Waals surface area contributed by atoms with Gasteiger partial charge in [0.2, 0.25) is 0 Å². The zero-order chi connectivity index (χ0) is 31.3. The van der Waals surface area contributed by atoms with Crippen molar-refractivity contribution in [1.82, 2.24) is 4.98 Å². The Hall–Kier alpha value is -1.97. The molecule has 3 aromatic rings. The molecule has 0 aliphatic heterocycles. The number of benzene rings is 2. The zero-order valence-corrected chi connectivity index (χ0v) is 28.0. The molecule has 0 aliphatic rings. The Balaban J connectivity index is 0.000000570. The van der Waals surface area contributed by atoms with Crippen LogP contribution in [0.4, 0.5) is 0 Å². The van der Waals surface area contributed by atoms with E-state index in [-0.39, 0.29) is 11.2 Å². The molecular weight excluding hydrogens is 581 g/mol. The van der Waals surface area contributed by atoms with Crippen molar-refractivity contribution in [2.75, 3.05) is 26.9 Å². The van der Waals surface area contributed by atoms with Crippen LogP contribution in [0.1, 0.15) is 70.0 Å². The number of aryl methyl sites for hydroxylation is 1. The van der Waals surface area contributed by atoms with Crippen molar-refractivity contribution in [1.29, 1.82) is 0 Å². The summed E-state index contributed by atoms with van der Waals surface area (Å²) in [7, 11) is 1.44. The van der Waals surface area contributed by atoms with Gasteiger partial charge in [-0.1, -0.05) is 101 Å². The lowest BCUT2D eigenvalue weighted by molar-refractivity contribution is -0.167. The van der Waals surface area contributed by atoms with E-state index in [0.29, 0.717) is 33.2 Å². The molecule has 6 nitrogen and oxygen atoms in total. The summed E-state index contributed by atoms with van der Waals surface area (Å²) in [4.78, 5) is 20.3. The van der Waals surface area contributed by atoms with Crippen LogP contribution >= 0.6 is 35.5 Å². The minimum atomic E-state index is -0.113. The van der Waals surface area contributed by atoms with Crippen LogP contribution in [0.2, 0.25) is 10.0 Å². The van der Waals surface area contributed by atoms with E-state index >= 15 is 0 Å². The largest absolute Gasteiger partial charge is 0.381 e. The molecule has 9 heteroatoms. The van der Waals surface area contributed by atoms with Crippen molar-refractivity contribution in [2.24, 2.45) is 10.8 Å².